The molecule has 0 aliphatic carbocycles. The number of nitrogens with zero attached hydrogens (tertiary/aromatic N) is 2. The fraction of sp³-hybridized carbons (Fsp3) is 0.233. The highest BCUT2D eigenvalue weighted by Crippen LogP contribution is 2.48. The lowest BCUT2D eigenvalue weighted by Crippen LogP contribution is -2.32. The van der Waals surface area contributed by atoms with Crippen LogP contribution in [0.15, 0.2) is 83.4 Å². The molecule has 0 amide bonds. The van der Waals surface area contributed by atoms with E-state index >= 15 is 0 Å². The Morgan fingerprint density at radius 2 is 1.56 bits per heavy atom. The van der Waals surface area contributed by atoms with Gasteiger partial charge in [-0.2, -0.15) is 0 Å². The fourth-order valence-electron chi connectivity index (χ4n) is 5.47. The number of hydrogen-bond acceptors (Lipinski definition) is 4. The van der Waals surface area contributed by atoms with E-state index in [0.717, 1.165) is 27.6 Å². The van der Waals surface area contributed by atoms with E-state index in [1.807, 2.05) is 6.07 Å². The van der Waals surface area contributed by atoms with Gasteiger partial charge in [0.25, 0.3) is 0 Å². The second kappa shape index (κ2) is 8.00. The van der Waals surface area contributed by atoms with Crippen molar-refractivity contribution in [2.45, 2.75) is 46.1 Å². The number of fused-ring (bicyclic) bond motifs is 3. The van der Waals surface area contributed by atoms with Crippen LogP contribution < -0.4 is 4.90 Å². The van der Waals surface area contributed by atoms with Gasteiger partial charge in [-0.1, -0.05) is 48.5 Å². The lowest BCUT2D eigenvalue weighted by molar-refractivity contribution is 0.0411. The van der Waals surface area contributed by atoms with Crippen molar-refractivity contribution in [2.24, 2.45) is 0 Å². The van der Waals surface area contributed by atoms with E-state index in [1.165, 1.54) is 22.3 Å². The van der Waals surface area contributed by atoms with E-state index < -0.39 is 0 Å². The highest BCUT2D eigenvalue weighted by Gasteiger charge is 2.43. The van der Waals surface area contributed by atoms with Crippen LogP contribution >= 0.6 is 0 Å². The second-order valence-electron chi connectivity index (χ2n) is 9.37. The number of pyridine rings is 1. The molecule has 4 heteroatoms. The monoisotopic (exact) mass is 448 g/mol. The minimum atomic E-state index is -0.186. The summed E-state index contributed by atoms with van der Waals surface area (Å²) in [5.74, 6) is 0. The topological polar surface area (TPSA) is 38.5 Å². The Morgan fingerprint density at radius 1 is 0.794 bits per heavy atom. The molecule has 0 saturated carbocycles. The third-order valence-corrected chi connectivity index (χ3v) is 7.17. The van der Waals surface area contributed by atoms with Gasteiger partial charge >= 0.3 is 0 Å². The highest BCUT2D eigenvalue weighted by atomic mass is 16.5. The van der Waals surface area contributed by atoms with Gasteiger partial charge in [-0.05, 0) is 74.2 Å². The number of ether oxygens (including phenoxy) is 1. The maximum atomic E-state index is 6.90. The second-order valence-corrected chi connectivity index (χ2v) is 9.37. The number of aryl methyl sites for hydroxylation is 3. The Morgan fingerprint density at radius 3 is 2.32 bits per heavy atom. The first-order valence-electron chi connectivity index (χ1n) is 11.9. The van der Waals surface area contributed by atoms with Crippen molar-refractivity contribution in [3.05, 3.63) is 107 Å². The van der Waals surface area contributed by atoms with Gasteiger partial charge < -0.3 is 14.1 Å². The molecule has 3 heterocycles. The normalized spacial score (nSPS) is 20.5. The van der Waals surface area contributed by atoms with E-state index in [2.05, 4.69) is 104 Å². The molecule has 4 nitrogen and oxygen atoms in total. The van der Waals surface area contributed by atoms with Crippen LogP contribution in [0.3, 0.4) is 0 Å². The minimum Gasteiger partial charge on any atom is -0.438 e. The van der Waals surface area contributed by atoms with Crippen molar-refractivity contribution in [1.82, 2.24) is 4.98 Å². The van der Waals surface area contributed by atoms with Crippen LogP contribution in [0.5, 0.6) is 0 Å². The van der Waals surface area contributed by atoms with Crippen molar-refractivity contribution in [3.63, 3.8) is 0 Å². The van der Waals surface area contributed by atoms with Gasteiger partial charge in [0.1, 0.15) is 11.7 Å². The van der Waals surface area contributed by atoms with E-state index in [4.69, 9.17) is 9.15 Å². The van der Waals surface area contributed by atoms with Gasteiger partial charge in [0.2, 0.25) is 5.71 Å². The molecule has 0 radical (unpaired) electrons. The SMILES string of the molecule is Cc1cc2oc3ncccc3c2cc1N1C(c2c(C)cccc2C)OC(c2ccccc2)[C@@H]1C. The first kappa shape index (κ1) is 20.9. The fourth-order valence-corrected chi connectivity index (χ4v) is 5.47. The van der Waals surface area contributed by atoms with E-state index in [0.29, 0.717) is 5.71 Å². The van der Waals surface area contributed by atoms with Crippen LogP contribution in [-0.2, 0) is 4.74 Å². The molecule has 1 aliphatic heterocycles. The summed E-state index contributed by atoms with van der Waals surface area (Å²) in [6.07, 6.45) is 1.55. The van der Waals surface area contributed by atoms with Gasteiger partial charge in [0.15, 0.2) is 6.23 Å². The van der Waals surface area contributed by atoms with Crippen molar-refractivity contribution in [2.75, 3.05) is 4.90 Å². The number of rotatable bonds is 3. The first-order valence-corrected chi connectivity index (χ1v) is 11.9. The van der Waals surface area contributed by atoms with Gasteiger partial charge in [-0.25, -0.2) is 4.98 Å². The van der Waals surface area contributed by atoms with Gasteiger partial charge in [0.05, 0.1) is 6.04 Å². The molecule has 2 aromatic heterocycles. The molecule has 5 aromatic rings. The quantitative estimate of drug-likeness (QED) is 0.285. The van der Waals surface area contributed by atoms with Crippen LogP contribution in [-0.4, -0.2) is 11.0 Å². The standard InChI is InChI=1S/C30H28N2O2/c1-18-10-8-11-19(2)27(18)30-32(21(4)28(34-30)22-12-6-5-7-13-22)25-17-24-23-14-9-15-31-29(23)33-26(24)16-20(25)3/h5-17,21,28,30H,1-4H3/t21-,28?,30?/m0/s1. The summed E-state index contributed by atoms with van der Waals surface area (Å²) in [4.78, 5) is 6.88. The number of hydrogen-bond donors (Lipinski definition) is 0. The molecule has 2 unspecified atom stereocenters. The number of anilines is 1. The van der Waals surface area contributed by atoms with Gasteiger partial charge in [-0.3, -0.25) is 0 Å². The van der Waals surface area contributed by atoms with Crippen molar-refractivity contribution < 1.29 is 9.15 Å². The van der Waals surface area contributed by atoms with Gasteiger partial charge in [0, 0.05) is 28.2 Å². The molecule has 0 bridgehead atoms. The zero-order valence-electron chi connectivity index (χ0n) is 19.9. The summed E-state index contributed by atoms with van der Waals surface area (Å²) in [6.45, 7) is 8.77. The summed E-state index contributed by atoms with van der Waals surface area (Å²) in [5.41, 5.74) is 8.79. The summed E-state index contributed by atoms with van der Waals surface area (Å²) in [7, 11) is 0. The van der Waals surface area contributed by atoms with Crippen LogP contribution in [0.2, 0.25) is 0 Å². The maximum Gasteiger partial charge on any atom is 0.227 e. The third-order valence-electron chi connectivity index (χ3n) is 7.17. The third kappa shape index (κ3) is 3.21. The molecule has 1 aliphatic rings. The zero-order valence-corrected chi connectivity index (χ0v) is 19.9. The maximum absolute atomic E-state index is 6.90. The molecule has 6 rings (SSSR count). The summed E-state index contributed by atoms with van der Waals surface area (Å²) in [5, 5.41) is 2.12. The summed E-state index contributed by atoms with van der Waals surface area (Å²) >= 11 is 0. The Labute approximate surface area is 199 Å². The van der Waals surface area contributed by atoms with Crippen LogP contribution in [0.25, 0.3) is 22.1 Å². The molecule has 1 fully saturated rings. The lowest BCUT2D eigenvalue weighted by Gasteiger charge is -2.32. The molecule has 3 atom stereocenters. The molecule has 34 heavy (non-hydrogen) atoms. The van der Waals surface area contributed by atoms with Crippen molar-refractivity contribution >= 4 is 27.8 Å². The van der Waals surface area contributed by atoms with E-state index in [1.54, 1.807) is 6.20 Å². The molecule has 0 N–H and O–H groups in total. The first-order chi connectivity index (χ1) is 16.5. The zero-order chi connectivity index (χ0) is 23.4. The summed E-state index contributed by atoms with van der Waals surface area (Å²) in [6, 6.07) is 25.6. The van der Waals surface area contributed by atoms with Crippen LogP contribution in [0.1, 0.15) is 47.1 Å². The molecule has 3 aromatic carbocycles. The highest BCUT2D eigenvalue weighted by molar-refractivity contribution is 6.05. The van der Waals surface area contributed by atoms with E-state index in [9.17, 15) is 0 Å². The molecular formula is C30H28N2O2. The summed E-state index contributed by atoms with van der Waals surface area (Å²) < 4.78 is 13.0. The Bertz CT molecular complexity index is 1480. The van der Waals surface area contributed by atoms with Crippen LogP contribution in [0, 0.1) is 20.8 Å². The largest absolute Gasteiger partial charge is 0.438 e. The number of aromatic nitrogens is 1. The van der Waals surface area contributed by atoms with Gasteiger partial charge in [-0.15, -0.1) is 0 Å². The molecule has 170 valence electrons. The van der Waals surface area contributed by atoms with Crippen molar-refractivity contribution in [3.8, 4) is 0 Å². The molecular weight excluding hydrogens is 420 g/mol. The number of furan rings is 1. The Hall–Kier alpha value is -3.63. The lowest BCUT2D eigenvalue weighted by atomic mass is 9.98. The van der Waals surface area contributed by atoms with E-state index in [-0.39, 0.29) is 18.4 Å². The molecule has 1 saturated heterocycles. The van der Waals surface area contributed by atoms with Crippen LogP contribution in [0.4, 0.5) is 5.69 Å². The Kier molecular flexibility index (Phi) is 4.93. The average Bonchev–Trinajstić information content (AvgIpc) is 3.36. The predicted molar refractivity (Wildman–Crippen MR) is 137 cm³/mol. The minimum absolute atomic E-state index is 0.0388. The Balaban J connectivity index is 1.56. The average molecular weight is 449 g/mol. The molecule has 0 spiro atoms. The smallest absolute Gasteiger partial charge is 0.227 e. The number of benzene rings is 3. The predicted octanol–water partition coefficient (Wildman–Crippen LogP) is 7.57. The van der Waals surface area contributed by atoms with Crippen molar-refractivity contribution in [1.29, 1.82) is 0 Å².